The highest BCUT2D eigenvalue weighted by Gasteiger charge is 2.11. The Morgan fingerprint density at radius 1 is 1.40 bits per heavy atom. The second-order valence-electron chi connectivity index (χ2n) is 3.61. The molecule has 15 heavy (non-hydrogen) atoms. The van der Waals surface area contributed by atoms with Crippen molar-refractivity contribution in [2.45, 2.75) is 32.2 Å². The minimum Gasteiger partial charge on any atom is -0.352 e. The van der Waals surface area contributed by atoms with Crippen LogP contribution in [0.4, 0.5) is 4.79 Å². The van der Waals surface area contributed by atoms with Gasteiger partial charge in [-0.1, -0.05) is 50.1 Å². The van der Waals surface area contributed by atoms with Gasteiger partial charge in [0.2, 0.25) is 0 Å². The van der Waals surface area contributed by atoms with Gasteiger partial charge in [0.1, 0.15) is 0 Å². The Balaban J connectivity index is 2.67. The maximum absolute atomic E-state index is 10.9. The topological polar surface area (TPSA) is 55.1 Å². The van der Waals surface area contributed by atoms with Crippen LogP contribution in [0.25, 0.3) is 0 Å². The molecular weight excluding hydrogens is 188 g/mol. The molecule has 1 aromatic carbocycles. The summed E-state index contributed by atoms with van der Waals surface area (Å²) in [7, 11) is 0. The van der Waals surface area contributed by atoms with E-state index < -0.39 is 6.03 Å². The van der Waals surface area contributed by atoms with Crippen molar-refractivity contribution in [2.24, 2.45) is 5.73 Å². The van der Waals surface area contributed by atoms with Gasteiger partial charge in [0.05, 0.1) is 6.04 Å². The summed E-state index contributed by atoms with van der Waals surface area (Å²) in [6.45, 7) is 2.13. The van der Waals surface area contributed by atoms with E-state index in [0.29, 0.717) is 0 Å². The van der Waals surface area contributed by atoms with E-state index in [1.165, 1.54) is 0 Å². The lowest BCUT2D eigenvalue weighted by molar-refractivity contribution is 0.244. The van der Waals surface area contributed by atoms with Gasteiger partial charge in [-0.2, -0.15) is 0 Å². The van der Waals surface area contributed by atoms with E-state index in [1.807, 2.05) is 30.3 Å². The highest BCUT2D eigenvalue weighted by molar-refractivity contribution is 5.72. The molecule has 2 amide bonds. The van der Waals surface area contributed by atoms with Crippen molar-refractivity contribution in [3.05, 3.63) is 35.9 Å². The van der Waals surface area contributed by atoms with Crippen molar-refractivity contribution in [3.8, 4) is 0 Å². The van der Waals surface area contributed by atoms with Crippen molar-refractivity contribution in [2.75, 3.05) is 0 Å². The van der Waals surface area contributed by atoms with E-state index in [1.54, 1.807) is 0 Å². The summed E-state index contributed by atoms with van der Waals surface area (Å²) in [4.78, 5) is 10.9. The molecule has 0 aliphatic carbocycles. The third-order valence-corrected chi connectivity index (χ3v) is 2.36. The fourth-order valence-corrected chi connectivity index (χ4v) is 1.59. The van der Waals surface area contributed by atoms with Gasteiger partial charge >= 0.3 is 6.03 Å². The number of hydrogen-bond acceptors (Lipinski definition) is 1. The molecule has 1 rings (SSSR count). The first-order valence-electron chi connectivity index (χ1n) is 5.35. The van der Waals surface area contributed by atoms with Crippen LogP contribution in [0.15, 0.2) is 30.3 Å². The summed E-state index contributed by atoms with van der Waals surface area (Å²) in [6, 6.07) is 9.51. The van der Waals surface area contributed by atoms with Crippen LogP contribution in [0.5, 0.6) is 0 Å². The molecule has 0 aliphatic heterocycles. The van der Waals surface area contributed by atoms with Crippen molar-refractivity contribution >= 4 is 6.03 Å². The maximum atomic E-state index is 10.9. The molecule has 0 heterocycles. The molecule has 0 aromatic heterocycles. The Morgan fingerprint density at radius 2 is 2.07 bits per heavy atom. The smallest absolute Gasteiger partial charge is 0.312 e. The van der Waals surface area contributed by atoms with E-state index in [2.05, 4.69) is 12.2 Å². The van der Waals surface area contributed by atoms with Crippen LogP contribution in [-0.4, -0.2) is 6.03 Å². The summed E-state index contributed by atoms with van der Waals surface area (Å²) in [5.41, 5.74) is 6.27. The van der Waals surface area contributed by atoms with Crippen LogP contribution < -0.4 is 11.1 Å². The van der Waals surface area contributed by atoms with Gasteiger partial charge in [-0.3, -0.25) is 0 Å². The molecule has 0 radical (unpaired) electrons. The molecule has 3 heteroatoms. The van der Waals surface area contributed by atoms with Crippen LogP contribution in [0.3, 0.4) is 0 Å². The van der Waals surface area contributed by atoms with Crippen molar-refractivity contribution in [1.29, 1.82) is 0 Å². The monoisotopic (exact) mass is 206 g/mol. The van der Waals surface area contributed by atoms with Crippen LogP contribution in [0.2, 0.25) is 0 Å². The van der Waals surface area contributed by atoms with Gasteiger partial charge < -0.3 is 11.1 Å². The van der Waals surface area contributed by atoms with Crippen molar-refractivity contribution in [1.82, 2.24) is 5.32 Å². The Hall–Kier alpha value is -1.51. The van der Waals surface area contributed by atoms with E-state index in [9.17, 15) is 4.79 Å². The number of carbonyl (C=O) groups is 1. The number of hydrogen-bond donors (Lipinski definition) is 2. The molecular formula is C12H18N2O. The van der Waals surface area contributed by atoms with Gasteiger partial charge in [-0.05, 0) is 12.0 Å². The fraction of sp³-hybridized carbons (Fsp3) is 0.417. The highest BCUT2D eigenvalue weighted by Crippen LogP contribution is 2.18. The lowest BCUT2D eigenvalue weighted by Gasteiger charge is -2.17. The third kappa shape index (κ3) is 4.02. The second-order valence-corrected chi connectivity index (χ2v) is 3.61. The number of carbonyl (C=O) groups excluding carboxylic acids is 1. The SMILES string of the molecule is CCCCC(NC(N)=O)c1ccccc1. The van der Waals surface area contributed by atoms with E-state index in [0.717, 1.165) is 24.8 Å². The normalized spacial score (nSPS) is 12.1. The molecule has 0 saturated carbocycles. The van der Waals surface area contributed by atoms with Gasteiger partial charge in [0, 0.05) is 0 Å². The van der Waals surface area contributed by atoms with Crippen molar-refractivity contribution in [3.63, 3.8) is 0 Å². The van der Waals surface area contributed by atoms with Crippen LogP contribution in [0, 0.1) is 0 Å². The zero-order valence-corrected chi connectivity index (χ0v) is 9.07. The summed E-state index contributed by atoms with van der Waals surface area (Å²) in [5.74, 6) is 0. The Morgan fingerprint density at radius 3 is 2.60 bits per heavy atom. The highest BCUT2D eigenvalue weighted by atomic mass is 16.2. The van der Waals surface area contributed by atoms with Crippen LogP contribution in [-0.2, 0) is 0 Å². The molecule has 3 N–H and O–H groups in total. The summed E-state index contributed by atoms with van der Waals surface area (Å²) in [6.07, 6.45) is 3.13. The molecule has 0 aliphatic rings. The molecule has 0 saturated heterocycles. The number of nitrogens with one attached hydrogen (secondary N) is 1. The first-order valence-corrected chi connectivity index (χ1v) is 5.35. The predicted octanol–water partition coefficient (Wildman–Crippen LogP) is 2.59. The molecule has 82 valence electrons. The molecule has 1 aromatic rings. The Labute approximate surface area is 90.7 Å². The Kier molecular flexibility index (Phi) is 4.68. The average Bonchev–Trinajstić information content (AvgIpc) is 2.25. The number of unbranched alkanes of at least 4 members (excludes halogenated alkanes) is 1. The summed E-state index contributed by atoms with van der Waals surface area (Å²) in [5, 5.41) is 2.77. The molecule has 0 spiro atoms. The zero-order chi connectivity index (χ0) is 11.1. The lowest BCUT2D eigenvalue weighted by atomic mass is 10.0. The minimum absolute atomic E-state index is 0.0450. The average molecular weight is 206 g/mol. The summed E-state index contributed by atoms with van der Waals surface area (Å²) >= 11 is 0. The predicted molar refractivity (Wildman–Crippen MR) is 61.4 cm³/mol. The van der Waals surface area contributed by atoms with E-state index in [4.69, 9.17) is 5.73 Å². The zero-order valence-electron chi connectivity index (χ0n) is 9.07. The van der Waals surface area contributed by atoms with Gasteiger partial charge in [0.25, 0.3) is 0 Å². The lowest BCUT2D eigenvalue weighted by Crippen LogP contribution is -2.33. The molecule has 0 fully saturated rings. The number of nitrogens with two attached hydrogens (primary N) is 1. The fourth-order valence-electron chi connectivity index (χ4n) is 1.59. The number of rotatable bonds is 5. The first-order chi connectivity index (χ1) is 7.24. The molecule has 1 atom stereocenters. The number of urea groups is 1. The van der Waals surface area contributed by atoms with Gasteiger partial charge in [0.15, 0.2) is 0 Å². The standard InChI is InChI=1S/C12H18N2O/c1-2-3-9-11(14-12(13)15)10-7-5-4-6-8-10/h4-8,11H,2-3,9H2,1H3,(H3,13,14,15). The molecule has 0 bridgehead atoms. The maximum Gasteiger partial charge on any atom is 0.312 e. The second kappa shape index (κ2) is 6.06. The Bertz CT molecular complexity index is 298. The van der Waals surface area contributed by atoms with Gasteiger partial charge in [-0.25, -0.2) is 4.79 Å². The minimum atomic E-state index is -0.458. The number of primary amides is 1. The quantitative estimate of drug-likeness (QED) is 0.764. The van der Waals surface area contributed by atoms with E-state index >= 15 is 0 Å². The molecule has 1 unspecified atom stereocenters. The number of benzene rings is 1. The third-order valence-electron chi connectivity index (χ3n) is 2.36. The van der Waals surface area contributed by atoms with Gasteiger partial charge in [-0.15, -0.1) is 0 Å². The van der Waals surface area contributed by atoms with Crippen LogP contribution >= 0.6 is 0 Å². The number of amides is 2. The van der Waals surface area contributed by atoms with E-state index in [-0.39, 0.29) is 6.04 Å². The first kappa shape index (κ1) is 11.6. The largest absolute Gasteiger partial charge is 0.352 e. The van der Waals surface area contributed by atoms with Crippen molar-refractivity contribution < 1.29 is 4.79 Å². The summed E-state index contributed by atoms with van der Waals surface area (Å²) < 4.78 is 0. The molecule has 3 nitrogen and oxygen atoms in total. The van der Waals surface area contributed by atoms with Crippen LogP contribution in [0.1, 0.15) is 37.8 Å².